The fourth-order valence-corrected chi connectivity index (χ4v) is 2.48. The maximum atomic E-state index is 12.3. The molecule has 0 aromatic heterocycles. The molecule has 0 saturated heterocycles. The maximum Gasteiger partial charge on any atom is 0.413 e. The number of thioether (sulfide) groups is 1. The minimum atomic E-state index is -0.934. The number of esters is 1. The second kappa shape index (κ2) is 12.2. The average molecular weight is 417 g/mol. The van der Waals surface area contributed by atoms with Gasteiger partial charge in [0, 0.05) is 10.6 Å². The van der Waals surface area contributed by atoms with Gasteiger partial charge in [-0.15, -0.1) is 0 Å². The highest BCUT2D eigenvalue weighted by Gasteiger charge is 2.23. The van der Waals surface area contributed by atoms with Gasteiger partial charge in [-0.25, -0.2) is 9.59 Å². The third kappa shape index (κ3) is 8.78. The van der Waals surface area contributed by atoms with E-state index in [-0.39, 0.29) is 6.61 Å². The smallest absolute Gasteiger partial charge is 0.413 e. The van der Waals surface area contributed by atoms with Crippen molar-refractivity contribution in [2.75, 3.05) is 25.2 Å². The standard InChI is InChI=1S/C17H21ClN2O6S/c1-3-25-17(24)20-14(21)10-26-16(23)13(8-9-27-2)19-15(22)11-4-6-12(18)7-5-11/h4-7,13H,3,8-10H2,1-2H3,(H,19,22)(H,20,21,24)/t13-/m1/s1. The Kier molecular flexibility index (Phi) is 10.3. The van der Waals surface area contributed by atoms with E-state index in [1.54, 1.807) is 19.1 Å². The van der Waals surface area contributed by atoms with E-state index in [0.717, 1.165) is 0 Å². The minimum absolute atomic E-state index is 0.104. The van der Waals surface area contributed by atoms with Gasteiger partial charge in [0.15, 0.2) is 6.61 Å². The Morgan fingerprint density at radius 2 is 1.81 bits per heavy atom. The SMILES string of the molecule is CCOC(=O)NC(=O)COC(=O)[C@@H](CCSC)NC(=O)c1ccc(Cl)cc1. The number of rotatable bonds is 9. The first kappa shape index (κ1) is 22.8. The summed E-state index contributed by atoms with van der Waals surface area (Å²) in [6.45, 7) is 1.03. The predicted molar refractivity (Wildman–Crippen MR) is 102 cm³/mol. The molecule has 3 amide bonds. The molecule has 2 N–H and O–H groups in total. The van der Waals surface area contributed by atoms with Gasteiger partial charge in [-0.3, -0.25) is 14.9 Å². The van der Waals surface area contributed by atoms with Crippen LogP contribution in [0.25, 0.3) is 0 Å². The van der Waals surface area contributed by atoms with Gasteiger partial charge in [-0.1, -0.05) is 11.6 Å². The van der Waals surface area contributed by atoms with Crippen LogP contribution in [0.1, 0.15) is 23.7 Å². The van der Waals surface area contributed by atoms with Gasteiger partial charge in [-0.05, 0) is 49.6 Å². The van der Waals surface area contributed by atoms with Crippen LogP contribution >= 0.6 is 23.4 Å². The highest BCUT2D eigenvalue weighted by Crippen LogP contribution is 2.10. The summed E-state index contributed by atoms with van der Waals surface area (Å²) < 4.78 is 9.44. The van der Waals surface area contributed by atoms with Crippen molar-refractivity contribution >= 4 is 47.2 Å². The summed E-state index contributed by atoms with van der Waals surface area (Å²) >= 11 is 7.28. The number of halogens is 1. The van der Waals surface area contributed by atoms with Crippen molar-refractivity contribution in [3.63, 3.8) is 0 Å². The molecule has 1 aromatic carbocycles. The largest absolute Gasteiger partial charge is 0.454 e. The molecule has 0 aliphatic heterocycles. The van der Waals surface area contributed by atoms with Gasteiger partial charge in [-0.2, -0.15) is 11.8 Å². The molecule has 1 aromatic rings. The number of carbonyl (C=O) groups is 4. The van der Waals surface area contributed by atoms with E-state index in [0.29, 0.717) is 22.8 Å². The summed E-state index contributed by atoms with van der Waals surface area (Å²) in [6.07, 6.45) is 1.25. The Balaban J connectivity index is 2.62. The van der Waals surface area contributed by atoms with Crippen LogP contribution in [-0.2, 0) is 19.1 Å². The van der Waals surface area contributed by atoms with Gasteiger partial charge >= 0.3 is 12.1 Å². The van der Waals surface area contributed by atoms with Crippen LogP contribution in [0, 0.1) is 0 Å². The number of hydrogen-bond acceptors (Lipinski definition) is 7. The van der Waals surface area contributed by atoms with Crippen molar-refractivity contribution in [3.8, 4) is 0 Å². The molecule has 148 valence electrons. The highest BCUT2D eigenvalue weighted by molar-refractivity contribution is 7.98. The summed E-state index contributed by atoms with van der Waals surface area (Å²) in [6, 6.07) is 5.25. The van der Waals surface area contributed by atoms with Crippen molar-refractivity contribution < 1.29 is 28.7 Å². The van der Waals surface area contributed by atoms with Crippen LogP contribution in [-0.4, -0.2) is 55.1 Å². The van der Waals surface area contributed by atoms with E-state index in [1.165, 1.54) is 23.9 Å². The lowest BCUT2D eigenvalue weighted by molar-refractivity contribution is -0.150. The Morgan fingerprint density at radius 1 is 1.15 bits per heavy atom. The molecule has 0 aliphatic carbocycles. The number of imide groups is 1. The third-order valence-electron chi connectivity index (χ3n) is 3.17. The molecular formula is C17H21ClN2O6S. The Labute approximate surface area is 166 Å². The van der Waals surface area contributed by atoms with Crippen LogP contribution in [0.15, 0.2) is 24.3 Å². The van der Waals surface area contributed by atoms with Crippen LogP contribution in [0.3, 0.4) is 0 Å². The second-order valence-electron chi connectivity index (χ2n) is 5.19. The molecule has 0 spiro atoms. The number of benzene rings is 1. The molecule has 0 heterocycles. The van der Waals surface area contributed by atoms with Crippen molar-refractivity contribution in [2.45, 2.75) is 19.4 Å². The van der Waals surface area contributed by atoms with Gasteiger partial charge in [0.25, 0.3) is 11.8 Å². The third-order valence-corrected chi connectivity index (χ3v) is 4.07. The fraction of sp³-hybridized carbons (Fsp3) is 0.412. The van der Waals surface area contributed by atoms with Crippen molar-refractivity contribution in [1.29, 1.82) is 0 Å². The van der Waals surface area contributed by atoms with E-state index < -0.39 is 36.5 Å². The average Bonchev–Trinajstić information content (AvgIpc) is 2.63. The highest BCUT2D eigenvalue weighted by atomic mass is 35.5. The summed E-state index contributed by atoms with van der Waals surface area (Å²) in [5, 5.41) is 4.97. The number of amides is 3. The molecule has 8 nitrogen and oxygen atoms in total. The van der Waals surface area contributed by atoms with Crippen LogP contribution in [0.2, 0.25) is 5.02 Å². The van der Waals surface area contributed by atoms with Gasteiger partial charge in [0.05, 0.1) is 6.61 Å². The molecule has 0 radical (unpaired) electrons. The molecule has 0 aliphatic rings. The Morgan fingerprint density at radius 3 is 2.41 bits per heavy atom. The van der Waals surface area contributed by atoms with Crippen molar-refractivity contribution in [2.24, 2.45) is 0 Å². The zero-order valence-corrected chi connectivity index (χ0v) is 16.5. The molecule has 10 heteroatoms. The summed E-state index contributed by atoms with van der Waals surface area (Å²) in [4.78, 5) is 47.2. The van der Waals surface area contributed by atoms with Crippen LogP contribution in [0.4, 0.5) is 4.79 Å². The number of alkyl carbamates (subject to hydrolysis) is 1. The summed E-state index contributed by atoms with van der Waals surface area (Å²) in [5.41, 5.74) is 0.335. The second-order valence-corrected chi connectivity index (χ2v) is 6.61. The summed E-state index contributed by atoms with van der Waals surface area (Å²) in [5.74, 6) is -1.47. The number of nitrogens with one attached hydrogen (secondary N) is 2. The first-order chi connectivity index (χ1) is 12.9. The zero-order chi connectivity index (χ0) is 20.2. The van der Waals surface area contributed by atoms with Crippen molar-refractivity contribution in [3.05, 3.63) is 34.9 Å². The lowest BCUT2D eigenvalue weighted by Gasteiger charge is -2.17. The summed E-state index contributed by atoms with van der Waals surface area (Å²) in [7, 11) is 0. The Hall–Kier alpha value is -2.26. The fourth-order valence-electron chi connectivity index (χ4n) is 1.88. The molecule has 27 heavy (non-hydrogen) atoms. The number of carbonyl (C=O) groups excluding carboxylic acids is 4. The minimum Gasteiger partial charge on any atom is -0.454 e. The first-order valence-corrected chi connectivity index (χ1v) is 9.83. The lowest BCUT2D eigenvalue weighted by atomic mass is 10.1. The van der Waals surface area contributed by atoms with E-state index in [1.807, 2.05) is 11.6 Å². The van der Waals surface area contributed by atoms with E-state index >= 15 is 0 Å². The lowest BCUT2D eigenvalue weighted by Crippen LogP contribution is -2.43. The van der Waals surface area contributed by atoms with Gasteiger partial charge in [0.2, 0.25) is 0 Å². The predicted octanol–water partition coefficient (Wildman–Crippen LogP) is 2.01. The maximum absolute atomic E-state index is 12.3. The monoisotopic (exact) mass is 416 g/mol. The van der Waals surface area contributed by atoms with E-state index in [4.69, 9.17) is 16.3 Å². The normalized spacial score (nSPS) is 11.2. The van der Waals surface area contributed by atoms with Crippen molar-refractivity contribution in [1.82, 2.24) is 10.6 Å². The molecule has 0 bridgehead atoms. The zero-order valence-electron chi connectivity index (χ0n) is 15.0. The van der Waals surface area contributed by atoms with Crippen LogP contribution < -0.4 is 10.6 Å². The molecule has 1 rings (SSSR count). The number of ether oxygens (including phenoxy) is 2. The van der Waals surface area contributed by atoms with Gasteiger partial charge in [0.1, 0.15) is 6.04 Å². The quantitative estimate of drug-likeness (QED) is 0.592. The molecule has 0 unspecified atom stereocenters. The molecular weight excluding hydrogens is 396 g/mol. The molecule has 0 fully saturated rings. The number of hydrogen-bond donors (Lipinski definition) is 2. The van der Waals surface area contributed by atoms with Crippen LogP contribution in [0.5, 0.6) is 0 Å². The molecule has 0 saturated carbocycles. The molecule has 1 atom stereocenters. The topological polar surface area (TPSA) is 111 Å². The first-order valence-electron chi connectivity index (χ1n) is 8.06. The van der Waals surface area contributed by atoms with E-state index in [9.17, 15) is 19.2 Å². The van der Waals surface area contributed by atoms with E-state index in [2.05, 4.69) is 10.1 Å². The van der Waals surface area contributed by atoms with Gasteiger partial charge < -0.3 is 14.8 Å². The Bertz CT molecular complexity index is 668.